The minimum Gasteiger partial charge on any atom is -0.354 e. The van der Waals surface area contributed by atoms with Gasteiger partial charge in [-0.05, 0) is 24.8 Å². The molecule has 0 N–H and O–H groups in total. The van der Waals surface area contributed by atoms with Crippen LogP contribution >= 0.6 is 11.8 Å². The van der Waals surface area contributed by atoms with Crippen molar-refractivity contribution >= 4 is 17.6 Å². The molecule has 122 valence electrons. The lowest BCUT2D eigenvalue weighted by atomic mass is 10.2. The Kier molecular flexibility index (Phi) is 5.07. The Bertz CT molecular complexity index is 673. The molecule has 0 saturated carbocycles. The van der Waals surface area contributed by atoms with Crippen LogP contribution in [0.25, 0.3) is 0 Å². The first-order valence-electron chi connectivity index (χ1n) is 7.60. The Balaban J connectivity index is 1.61. The first-order valence-corrected chi connectivity index (χ1v) is 8.83. The Morgan fingerprint density at radius 2 is 1.91 bits per heavy atom. The summed E-state index contributed by atoms with van der Waals surface area (Å²) in [6.07, 6.45) is 4.96. The molecule has 3 heterocycles. The highest BCUT2D eigenvalue weighted by molar-refractivity contribution is 7.98. The molecule has 23 heavy (non-hydrogen) atoms. The lowest BCUT2D eigenvalue weighted by Crippen LogP contribution is -2.46. The second-order valence-corrected chi connectivity index (χ2v) is 6.40. The summed E-state index contributed by atoms with van der Waals surface area (Å²) < 4.78 is 13.2. The van der Waals surface area contributed by atoms with E-state index in [1.807, 2.05) is 19.2 Å². The number of piperazine rings is 1. The molecule has 0 atom stereocenters. The maximum atomic E-state index is 13.2. The Hall–Kier alpha value is -1.73. The number of aryl methyl sites for hydroxylation is 1. The third kappa shape index (κ3) is 4.17. The number of aromatic nitrogens is 3. The number of pyridine rings is 1. The first kappa shape index (κ1) is 16.1. The van der Waals surface area contributed by atoms with Crippen LogP contribution < -0.4 is 4.90 Å². The monoisotopic (exact) mass is 333 g/mol. The van der Waals surface area contributed by atoms with Crippen LogP contribution in [0.1, 0.15) is 11.3 Å². The largest absolute Gasteiger partial charge is 0.354 e. The van der Waals surface area contributed by atoms with Crippen molar-refractivity contribution in [2.75, 3.05) is 37.3 Å². The third-order valence-electron chi connectivity index (χ3n) is 3.87. The summed E-state index contributed by atoms with van der Waals surface area (Å²) in [7, 11) is 0. The standard InChI is InChI=1S/C16H20FN5S/c1-12-7-15(20-16(19-12)23-2)22-5-3-21(4-6-22)11-13-8-14(17)10-18-9-13/h7-10H,3-6,11H2,1-2H3. The highest BCUT2D eigenvalue weighted by Gasteiger charge is 2.19. The van der Waals surface area contributed by atoms with Crippen molar-refractivity contribution in [2.45, 2.75) is 18.6 Å². The van der Waals surface area contributed by atoms with Crippen molar-refractivity contribution in [2.24, 2.45) is 0 Å². The number of hydrogen-bond acceptors (Lipinski definition) is 6. The van der Waals surface area contributed by atoms with Gasteiger partial charge < -0.3 is 4.90 Å². The predicted octanol–water partition coefficient (Wildman–Crippen LogP) is 2.36. The number of rotatable bonds is 4. The van der Waals surface area contributed by atoms with Crippen molar-refractivity contribution in [3.05, 3.63) is 41.6 Å². The molecule has 0 aromatic carbocycles. The second kappa shape index (κ2) is 7.23. The zero-order valence-corrected chi connectivity index (χ0v) is 14.2. The lowest BCUT2D eigenvalue weighted by Gasteiger charge is -2.35. The SMILES string of the molecule is CSc1nc(C)cc(N2CCN(Cc3cncc(F)c3)CC2)n1. The van der Waals surface area contributed by atoms with Crippen LogP contribution in [0, 0.1) is 12.7 Å². The van der Waals surface area contributed by atoms with Gasteiger partial charge in [0.2, 0.25) is 0 Å². The van der Waals surface area contributed by atoms with Gasteiger partial charge in [-0.2, -0.15) is 0 Å². The van der Waals surface area contributed by atoms with Gasteiger partial charge in [-0.1, -0.05) is 11.8 Å². The van der Waals surface area contributed by atoms with Gasteiger partial charge in [0.15, 0.2) is 5.16 Å². The second-order valence-electron chi connectivity index (χ2n) is 5.63. The van der Waals surface area contributed by atoms with E-state index in [-0.39, 0.29) is 5.82 Å². The third-order valence-corrected chi connectivity index (χ3v) is 4.41. The smallest absolute Gasteiger partial charge is 0.189 e. The normalized spacial score (nSPS) is 15.9. The quantitative estimate of drug-likeness (QED) is 0.632. The summed E-state index contributed by atoms with van der Waals surface area (Å²) in [5, 5.41) is 0.813. The number of nitrogens with zero attached hydrogens (tertiary/aromatic N) is 5. The molecule has 1 aliphatic rings. The first-order chi connectivity index (χ1) is 11.1. The molecule has 0 radical (unpaired) electrons. The highest BCUT2D eigenvalue weighted by Crippen LogP contribution is 2.19. The molecule has 0 unspecified atom stereocenters. The van der Waals surface area contributed by atoms with E-state index in [1.54, 1.807) is 24.0 Å². The van der Waals surface area contributed by atoms with E-state index in [0.717, 1.165) is 55.0 Å². The summed E-state index contributed by atoms with van der Waals surface area (Å²) in [5.41, 5.74) is 1.91. The van der Waals surface area contributed by atoms with E-state index >= 15 is 0 Å². The van der Waals surface area contributed by atoms with Crippen molar-refractivity contribution in [3.63, 3.8) is 0 Å². The molecule has 2 aromatic heterocycles. The minimum atomic E-state index is -0.276. The molecule has 0 aliphatic carbocycles. The van der Waals surface area contributed by atoms with E-state index in [1.165, 1.54) is 6.20 Å². The maximum Gasteiger partial charge on any atom is 0.189 e. The molecule has 0 spiro atoms. The number of anilines is 1. The van der Waals surface area contributed by atoms with Crippen LogP contribution in [0.5, 0.6) is 0 Å². The molecule has 1 fully saturated rings. The van der Waals surface area contributed by atoms with E-state index in [9.17, 15) is 4.39 Å². The average molecular weight is 333 g/mol. The van der Waals surface area contributed by atoms with Crippen molar-refractivity contribution < 1.29 is 4.39 Å². The molecule has 1 aliphatic heterocycles. The van der Waals surface area contributed by atoms with Gasteiger partial charge in [0.1, 0.15) is 11.6 Å². The molecule has 1 saturated heterocycles. The zero-order chi connectivity index (χ0) is 16.2. The van der Waals surface area contributed by atoms with Gasteiger partial charge in [0.05, 0.1) is 6.20 Å². The van der Waals surface area contributed by atoms with Crippen LogP contribution in [0.2, 0.25) is 0 Å². The number of halogens is 1. The number of thioether (sulfide) groups is 1. The fourth-order valence-corrected chi connectivity index (χ4v) is 3.13. The molecule has 0 amide bonds. The van der Waals surface area contributed by atoms with E-state index in [2.05, 4.69) is 24.8 Å². The van der Waals surface area contributed by atoms with Gasteiger partial charge >= 0.3 is 0 Å². The summed E-state index contributed by atoms with van der Waals surface area (Å²) in [5.74, 6) is 0.719. The fraction of sp³-hybridized carbons (Fsp3) is 0.438. The van der Waals surface area contributed by atoms with Crippen LogP contribution in [0.3, 0.4) is 0 Å². The predicted molar refractivity (Wildman–Crippen MR) is 90.2 cm³/mol. The van der Waals surface area contributed by atoms with Crippen LogP contribution in [0.4, 0.5) is 10.2 Å². The lowest BCUT2D eigenvalue weighted by molar-refractivity contribution is 0.248. The topological polar surface area (TPSA) is 45.2 Å². The highest BCUT2D eigenvalue weighted by atomic mass is 32.2. The molecule has 0 bridgehead atoms. The molecular formula is C16H20FN5S. The molecular weight excluding hydrogens is 313 g/mol. The van der Waals surface area contributed by atoms with Gasteiger partial charge in [-0.25, -0.2) is 14.4 Å². The van der Waals surface area contributed by atoms with E-state index in [4.69, 9.17) is 0 Å². The summed E-state index contributed by atoms with van der Waals surface area (Å²) in [6, 6.07) is 3.59. The molecule has 2 aromatic rings. The van der Waals surface area contributed by atoms with E-state index < -0.39 is 0 Å². The summed E-state index contributed by atoms with van der Waals surface area (Å²) in [6.45, 7) is 6.40. The van der Waals surface area contributed by atoms with Gasteiger partial charge in [0.25, 0.3) is 0 Å². The van der Waals surface area contributed by atoms with Crippen molar-refractivity contribution in [1.29, 1.82) is 0 Å². The summed E-state index contributed by atoms with van der Waals surface area (Å²) in [4.78, 5) is 17.5. The Morgan fingerprint density at radius 3 is 2.61 bits per heavy atom. The minimum absolute atomic E-state index is 0.276. The van der Waals surface area contributed by atoms with Crippen molar-refractivity contribution in [3.8, 4) is 0 Å². The van der Waals surface area contributed by atoms with Crippen LogP contribution in [-0.2, 0) is 6.54 Å². The van der Waals surface area contributed by atoms with Gasteiger partial charge in [-0.3, -0.25) is 9.88 Å². The van der Waals surface area contributed by atoms with E-state index in [0.29, 0.717) is 0 Å². The Morgan fingerprint density at radius 1 is 1.13 bits per heavy atom. The summed E-state index contributed by atoms with van der Waals surface area (Å²) >= 11 is 1.56. The molecule has 5 nitrogen and oxygen atoms in total. The van der Waals surface area contributed by atoms with Gasteiger partial charge in [0, 0.05) is 50.7 Å². The average Bonchev–Trinajstić information content (AvgIpc) is 2.55. The van der Waals surface area contributed by atoms with Gasteiger partial charge in [-0.15, -0.1) is 0 Å². The fourth-order valence-electron chi connectivity index (χ4n) is 2.71. The Labute approximate surface area is 140 Å². The number of hydrogen-bond donors (Lipinski definition) is 0. The zero-order valence-electron chi connectivity index (χ0n) is 13.4. The van der Waals surface area contributed by atoms with Crippen LogP contribution in [0.15, 0.2) is 29.7 Å². The van der Waals surface area contributed by atoms with Crippen LogP contribution in [-0.4, -0.2) is 52.3 Å². The molecule has 7 heteroatoms. The maximum absolute atomic E-state index is 13.2. The van der Waals surface area contributed by atoms with Crippen molar-refractivity contribution in [1.82, 2.24) is 19.9 Å². The molecule has 3 rings (SSSR count).